The van der Waals surface area contributed by atoms with E-state index in [4.69, 9.17) is 26.3 Å². The Morgan fingerprint density at radius 3 is 2.59 bits per heavy atom. The third-order valence-corrected chi connectivity index (χ3v) is 5.65. The van der Waals surface area contributed by atoms with E-state index in [0.29, 0.717) is 35.2 Å². The van der Waals surface area contributed by atoms with Crippen molar-refractivity contribution in [1.82, 2.24) is 15.2 Å². The molecular formula is C27H31ClN4O2. The molecule has 7 heteroatoms. The Hall–Kier alpha value is -3.11. The predicted molar refractivity (Wildman–Crippen MR) is 135 cm³/mol. The van der Waals surface area contributed by atoms with Gasteiger partial charge in [0, 0.05) is 36.1 Å². The van der Waals surface area contributed by atoms with Crippen LogP contribution in [-0.2, 0) is 19.8 Å². The Bertz CT molecular complexity index is 1130. The molecule has 0 fully saturated rings. The molecule has 0 saturated carbocycles. The fourth-order valence-corrected chi connectivity index (χ4v) is 3.66. The van der Waals surface area contributed by atoms with E-state index in [-0.39, 0.29) is 6.61 Å². The second-order valence-electron chi connectivity index (χ2n) is 8.42. The zero-order valence-corrected chi connectivity index (χ0v) is 20.7. The van der Waals surface area contributed by atoms with Gasteiger partial charge in [0.05, 0.1) is 10.6 Å². The first-order chi connectivity index (χ1) is 16.5. The maximum Gasteiger partial charge on any atom is 0.142 e. The summed E-state index contributed by atoms with van der Waals surface area (Å²) in [5.41, 5.74) is 4.54. The Kier molecular flexibility index (Phi) is 9.72. The monoisotopic (exact) mass is 478 g/mol. The molecule has 2 aromatic carbocycles. The number of pyridine rings is 1. The van der Waals surface area contributed by atoms with Crippen molar-refractivity contribution in [2.75, 3.05) is 27.2 Å². The molecule has 1 N–H and O–H groups in total. The van der Waals surface area contributed by atoms with Crippen LogP contribution in [0.25, 0.3) is 0 Å². The van der Waals surface area contributed by atoms with E-state index >= 15 is 0 Å². The molecule has 178 valence electrons. The summed E-state index contributed by atoms with van der Waals surface area (Å²) in [6.45, 7) is 5.29. The first-order valence-electron chi connectivity index (χ1n) is 11.3. The molecule has 0 amide bonds. The fourth-order valence-electron chi connectivity index (χ4n) is 3.42. The maximum atomic E-state index is 9.13. The minimum Gasteiger partial charge on any atom is -0.488 e. The van der Waals surface area contributed by atoms with Crippen LogP contribution < -0.4 is 14.8 Å². The molecule has 0 radical (unpaired) electrons. The van der Waals surface area contributed by atoms with Gasteiger partial charge in [-0.25, -0.2) is 0 Å². The number of nitrogens with one attached hydrogen (secondary N) is 1. The molecule has 0 unspecified atom stereocenters. The number of aryl methyl sites for hydroxylation is 1. The lowest BCUT2D eigenvalue weighted by Gasteiger charge is -2.17. The van der Waals surface area contributed by atoms with Gasteiger partial charge in [-0.1, -0.05) is 35.9 Å². The van der Waals surface area contributed by atoms with Gasteiger partial charge in [-0.05, 0) is 63.8 Å². The normalized spacial score (nSPS) is 10.8. The van der Waals surface area contributed by atoms with E-state index in [1.54, 1.807) is 12.3 Å². The Labute approximate surface area is 207 Å². The second-order valence-corrected chi connectivity index (χ2v) is 8.83. The standard InChI is InChI=1S/C27H31ClN4O2/c1-20-7-4-5-8-23(20)19-34-27-13-26(33-18-22-11-21(14-29)15-31-16-22)24(12-25(27)28)17-30-9-6-10-32(2)3/h4-5,7-8,11-13,15-16,30H,6,9-10,17-19H2,1-3H3. The minimum absolute atomic E-state index is 0.287. The summed E-state index contributed by atoms with van der Waals surface area (Å²) in [4.78, 5) is 6.28. The van der Waals surface area contributed by atoms with Crippen LogP contribution in [0.2, 0.25) is 5.02 Å². The van der Waals surface area contributed by atoms with Gasteiger partial charge in [0.2, 0.25) is 0 Å². The highest BCUT2D eigenvalue weighted by molar-refractivity contribution is 6.32. The summed E-state index contributed by atoms with van der Waals surface area (Å²) in [5, 5.41) is 13.1. The summed E-state index contributed by atoms with van der Waals surface area (Å²) < 4.78 is 12.2. The maximum absolute atomic E-state index is 9.13. The zero-order chi connectivity index (χ0) is 24.3. The predicted octanol–water partition coefficient (Wildman–Crippen LogP) is 5.11. The summed E-state index contributed by atoms with van der Waals surface area (Å²) in [7, 11) is 4.13. The van der Waals surface area contributed by atoms with Crippen LogP contribution in [0.4, 0.5) is 0 Å². The molecule has 1 aromatic heterocycles. The minimum atomic E-state index is 0.287. The molecule has 0 aliphatic heterocycles. The van der Waals surface area contributed by atoms with E-state index < -0.39 is 0 Å². The van der Waals surface area contributed by atoms with Gasteiger partial charge in [-0.2, -0.15) is 5.26 Å². The van der Waals surface area contributed by atoms with Crippen molar-refractivity contribution in [3.8, 4) is 17.6 Å². The smallest absolute Gasteiger partial charge is 0.142 e. The summed E-state index contributed by atoms with van der Waals surface area (Å²) in [6, 6.07) is 15.7. The van der Waals surface area contributed by atoms with Gasteiger partial charge in [-0.3, -0.25) is 4.98 Å². The van der Waals surface area contributed by atoms with E-state index in [1.165, 1.54) is 11.8 Å². The molecule has 0 aliphatic rings. The molecule has 0 atom stereocenters. The zero-order valence-electron chi connectivity index (χ0n) is 20.0. The third-order valence-electron chi connectivity index (χ3n) is 5.35. The molecule has 3 aromatic rings. The number of nitriles is 1. The van der Waals surface area contributed by atoms with Crippen LogP contribution >= 0.6 is 11.6 Å². The lowest BCUT2D eigenvalue weighted by molar-refractivity contribution is 0.287. The molecule has 0 saturated heterocycles. The number of benzene rings is 2. The van der Waals surface area contributed by atoms with Crippen LogP contribution in [0.5, 0.6) is 11.5 Å². The quantitative estimate of drug-likeness (QED) is 0.364. The Morgan fingerprint density at radius 1 is 1.03 bits per heavy atom. The van der Waals surface area contributed by atoms with E-state index in [1.807, 2.05) is 30.3 Å². The summed E-state index contributed by atoms with van der Waals surface area (Å²) >= 11 is 6.58. The average Bonchev–Trinajstić information content (AvgIpc) is 2.83. The lowest BCUT2D eigenvalue weighted by atomic mass is 10.1. The van der Waals surface area contributed by atoms with Crippen LogP contribution in [0.3, 0.4) is 0 Å². The highest BCUT2D eigenvalue weighted by Crippen LogP contribution is 2.34. The lowest BCUT2D eigenvalue weighted by Crippen LogP contribution is -2.21. The largest absolute Gasteiger partial charge is 0.488 e. The molecular weight excluding hydrogens is 448 g/mol. The van der Waals surface area contributed by atoms with Gasteiger partial charge >= 0.3 is 0 Å². The van der Waals surface area contributed by atoms with Gasteiger partial charge in [0.15, 0.2) is 0 Å². The van der Waals surface area contributed by atoms with Crippen LogP contribution in [0.1, 0.15) is 34.2 Å². The van der Waals surface area contributed by atoms with Crippen molar-refractivity contribution in [2.45, 2.75) is 33.1 Å². The number of ether oxygens (including phenoxy) is 2. The summed E-state index contributed by atoms with van der Waals surface area (Å²) in [6.07, 6.45) is 4.28. The van der Waals surface area contributed by atoms with E-state index in [0.717, 1.165) is 36.2 Å². The van der Waals surface area contributed by atoms with Crippen LogP contribution in [0.15, 0.2) is 54.9 Å². The number of hydrogen-bond donors (Lipinski definition) is 1. The van der Waals surface area contributed by atoms with Crippen molar-refractivity contribution in [1.29, 1.82) is 5.26 Å². The van der Waals surface area contributed by atoms with Crippen molar-refractivity contribution in [2.24, 2.45) is 0 Å². The van der Waals surface area contributed by atoms with Gasteiger partial charge in [0.1, 0.15) is 30.8 Å². The number of halogens is 1. The molecule has 3 rings (SSSR count). The molecule has 34 heavy (non-hydrogen) atoms. The third kappa shape index (κ3) is 7.74. The van der Waals surface area contributed by atoms with Gasteiger partial charge in [0.25, 0.3) is 0 Å². The Morgan fingerprint density at radius 2 is 1.82 bits per heavy atom. The number of rotatable bonds is 12. The molecule has 0 bridgehead atoms. The van der Waals surface area contributed by atoms with Crippen molar-refractivity contribution in [3.63, 3.8) is 0 Å². The number of nitrogens with zero attached hydrogens (tertiary/aromatic N) is 3. The Balaban J connectivity index is 1.75. The molecule has 1 heterocycles. The second kappa shape index (κ2) is 13.0. The first-order valence-corrected chi connectivity index (χ1v) is 11.7. The SMILES string of the molecule is Cc1ccccc1COc1cc(OCc2cncc(C#N)c2)c(CNCCCN(C)C)cc1Cl. The topological polar surface area (TPSA) is 70.4 Å². The van der Waals surface area contributed by atoms with Crippen LogP contribution in [-0.4, -0.2) is 37.1 Å². The van der Waals surface area contributed by atoms with Crippen molar-refractivity contribution < 1.29 is 9.47 Å². The van der Waals surface area contributed by atoms with Crippen LogP contribution in [0, 0.1) is 18.3 Å². The number of aromatic nitrogens is 1. The van der Waals surface area contributed by atoms with Crippen molar-refractivity contribution in [3.05, 3.63) is 87.7 Å². The molecule has 6 nitrogen and oxygen atoms in total. The summed E-state index contributed by atoms with van der Waals surface area (Å²) in [5.74, 6) is 1.26. The first kappa shape index (κ1) is 25.5. The highest BCUT2D eigenvalue weighted by Gasteiger charge is 2.13. The van der Waals surface area contributed by atoms with Crippen molar-refractivity contribution >= 4 is 11.6 Å². The number of hydrogen-bond acceptors (Lipinski definition) is 6. The molecule has 0 spiro atoms. The highest BCUT2D eigenvalue weighted by atomic mass is 35.5. The van der Waals surface area contributed by atoms with Gasteiger partial charge in [-0.15, -0.1) is 0 Å². The fraction of sp³-hybridized carbons (Fsp3) is 0.333. The average molecular weight is 479 g/mol. The van der Waals surface area contributed by atoms with E-state index in [9.17, 15) is 0 Å². The van der Waals surface area contributed by atoms with E-state index in [2.05, 4.69) is 48.4 Å². The van der Waals surface area contributed by atoms with Gasteiger partial charge < -0.3 is 19.7 Å². The molecule has 0 aliphatic carbocycles.